The predicted molar refractivity (Wildman–Crippen MR) is 88.7 cm³/mol. The van der Waals surface area contributed by atoms with Gasteiger partial charge >= 0.3 is 6.09 Å². The number of rotatable bonds is 8. The van der Waals surface area contributed by atoms with Gasteiger partial charge < -0.3 is 19.1 Å². The number of hydrogen-bond donors (Lipinski definition) is 0. The van der Waals surface area contributed by atoms with Gasteiger partial charge in [-0.1, -0.05) is 6.42 Å². The first-order valence-electron chi connectivity index (χ1n) is 9.03. The lowest BCUT2D eigenvalue weighted by Crippen LogP contribution is -2.45. The fraction of sp³-hybridized carbons (Fsp3) is 0.941. The molecule has 134 valence electrons. The largest absolute Gasteiger partial charge is 0.448 e. The smallest absolute Gasteiger partial charge is 0.409 e. The van der Waals surface area contributed by atoms with Crippen LogP contribution in [0, 0.1) is 0 Å². The molecule has 1 amide bonds. The molecule has 0 aliphatic carbocycles. The van der Waals surface area contributed by atoms with E-state index in [-0.39, 0.29) is 6.09 Å². The van der Waals surface area contributed by atoms with Crippen LogP contribution in [0.25, 0.3) is 0 Å². The molecule has 0 N–H and O–H groups in total. The highest BCUT2D eigenvalue weighted by molar-refractivity contribution is 5.67. The minimum Gasteiger partial charge on any atom is -0.448 e. The third kappa shape index (κ3) is 6.65. The van der Waals surface area contributed by atoms with Gasteiger partial charge in [-0.15, -0.1) is 0 Å². The zero-order chi connectivity index (χ0) is 16.3. The molecule has 2 aliphatic heterocycles. The molecule has 2 saturated heterocycles. The number of hydrogen-bond acceptors (Lipinski definition) is 5. The average molecular weight is 328 g/mol. The minimum absolute atomic E-state index is 0.133. The normalized spacial score (nSPS) is 23.0. The Labute approximate surface area is 140 Å². The molecule has 1 atom stereocenters. The summed E-state index contributed by atoms with van der Waals surface area (Å²) in [6, 6.07) is 0.337. The van der Waals surface area contributed by atoms with E-state index in [1.165, 1.54) is 19.3 Å². The molecule has 0 aromatic rings. The highest BCUT2D eigenvalue weighted by Crippen LogP contribution is 2.18. The van der Waals surface area contributed by atoms with Crippen LogP contribution in [0.15, 0.2) is 0 Å². The number of amides is 1. The summed E-state index contributed by atoms with van der Waals surface area (Å²) in [6.45, 7) is 6.15. The maximum absolute atomic E-state index is 12.1. The summed E-state index contributed by atoms with van der Waals surface area (Å²) in [5, 5.41) is 0. The van der Waals surface area contributed by atoms with Crippen molar-refractivity contribution in [2.24, 2.45) is 0 Å². The maximum Gasteiger partial charge on any atom is 0.409 e. The van der Waals surface area contributed by atoms with Gasteiger partial charge in [0.2, 0.25) is 0 Å². The molecule has 0 aromatic carbocycles. The van der Waals surface area contributed by atoms with Crippen LogP contribution >= 0.6 is 0 Å². The number of ether oxygens (including phenoxy) is 3. The van der Waals surface area contributed by atoms with Crippen molar-refractivity contribution >= 4 is 6.09 Å². The Bertz CT molecular complexity index is 335. The van der Waals surface area contributed by atoms with Crippen LogP contribution in [0.5, 0.6) is 0 Å². The molecule has 0 radical (unpaired) electrons. The second-order valence-electron chi connectivity index (χ2n) is 6.42. The Hall–Kier alpha value is -0.850. The maximum atomic E-state index is 12.1. The number of carbonyl (C=O) groups is 1. The second-order valence-corrected chi connectivity index (χ2v) is 6.42. The molecule has 2 aliphatic rings. The van der Waals surface area contributed by atoms with Gasteiger partial charge in [-0.05, 0) is 38.6 Å². The van der Waals surface area contributed by atoms with Gasteiger partial charge in [0.25, 0.3) is 0 Å². The summed E-state index contributed by atoms with van der Waals surface area (Å²) in [6.07, 6.45) is 6.83. The van der Waals surface area contributed by atoms with Gasteiger partial charge in [0.1, 0.15) is 6.61 Å². The van der Waals surface area contributed by atoms with E-state index in [1.807, 2.05) is 4.90 Å². The van der Waals surface area contributed by atoms with Crippen molar-refractivity contribution in [3.8, 4) is 0 Å². The van der Waals surface area contributed by atoms with Gasteiger partial charge in [0.15, 0.2) is 0 Å². The number of piperidine rings is 2. The number of nitrogens with zero attached hydrogens (tertiary/aromatic N) is 2. The number of carbonyl (C=O) groups excluding carboxylic acids is 1. The Morgan fingerprint density at radius 3 is 2.57 bits per heavy atom. The van der Waals surface area contributed by atoms with Crippen molar-refractivity contribution in [1.82, 2.24) is 9.80 Å². The van der Waals surface area contributed by atoms with Gasteiger partial charge in [0.05, 0.1) is 19.8 Å². The second kappa shape index (κ2) is 10.8. The van der Waals surface area contributed by atoms with E-state index >= 15 is 0 Å². The first-order chi connectivity index (χ1) is 11.3. The molecule has 0 saturated carbocycles. The van der Waals surface area contributed by atoms with Crippen LogP contribution < -0.4 is 0 Å². The van der Waals surface area contributed by atoms with Crippen molar-refractivity contribution in [2.75, 3.05) is 59.7 Å². The minimum atomic E-state index is -0.133. The van der Waals surface area contributed by atoms with Crippen LogP contribution in [-0.2, 0) is 14.2 Å². The Morgan fingerprint density at radius 1 is 1.00 bits per heavy atom. The molecule has 6 heteroatoms. The van der Waals surface area contributed by atoms with Crippen molar-refractivity contribution in [1.29, 1.82) is 0 Å². The summed E-state index contributed by atoms with van der Waals surface area (Å²) in [5.41, 5.74) is 0. The van der Waals surface area contributed by atoms with E-state index in [0.29, 0.717) is 32.5 Å². The molecular formula is C17H32N2O4. The fourth-order valence-corrected chi connectivity index (χ4v) is 3.30. The molecule has 2 heterocycles. The topological polar surface area (TPSA) is 51.2 Å². The zero-order valence-corrected chi connectivity index (χ0v) is 14.5. The van der Waals surface area contributed by atoms with Crippen LogP contribution in [0.4, 0.5) is 4.79 Å². The van der Waals surface area contributed by atoms with E-state index in [4.69, 9.17) is 14.2 Å². The standard InChI is InChI=1S/C17H32N2O4/c1-21-13-14-22-12-11-18-8-6-3-7-16(18)15-23-17(20)19-9-4-2-5-10-19/h16H,2-15H2,1H3. The molecular weight excluding hydrogens is 296 g/mol. The molecule has 1 unspecified atom stereocenters. The summed E-state index contributed by atoms with van der Waals surface area (Å²) < 4.78 is 16.1. The van der Waals surface area contributed by atoms with Crippen LogP contribution in [0.2, 0.25) is 0 Å². The van der Waals surface area contributed by atoms with E-state index in [9.17, 15) is 4.79 Å². The Kier molecular flexibility index (Phi) is 8.71. The first kappa shape index (κ1) is 18.5. The Morgan fingerprint density at radius 2 is 1.78 bits per heavy atom. The SMILES string of the molecule is COCCOCCN1CCCCC1COC(=O)N1CCCCC1. The zero-order valence-electron chi connectivity index (χ0n) is 14.5. The molecule has 6 nitrogen and oxygen atoms in total. The molecule has 0 aromatic heterocycles. The highest BCUT2D eigenvalue weighted by Gasteiger charge is 2.25. The molecule has 0 bridgehead atoms. The van der Waals surface area contributed by atoms with Crippen LogP contribution in [-0.4, -0.2) is 81.7 Å². The van der Waals surface area contributed by atoms with E-state index < -0.39 is 0 Å². The Balaban J connectivity index is 1.67. The van der Waals surface area contributed by atoms with Crippen molar-refractivity contribution < 1.29 is 19.0 Å². The summed E-state index contributed by atoms with van der Waals surface area (Å²) in [5.74, 6) is 0. The number of likely N-dealkylation sites (tertiary alicyclic amines) is 2. The summed E-state index contributed by atoms with van der Waals surface area (Å²) in [4.78, 5) is 16.4. The average Bonchev–Trinajstić information content (AvgIpc) is 2.61. The van der Waals surface area contributed by atoms with E-state index in [1.54, 1.807) is 7.11 Å². The first-order valence-corrected chi connectivity index (χ1v) is 9.03. The lowest BCUT2D eigenvalue weighted by Gasteiger charge is -2.35. The fourth-order valence-electron chi connectivity index (χ4n) is 3.30. The third-order valence-corrected chi connectivity index (χ3v) is 4.72. The summed E-state index contributed by atoms with van der Waals surface area (Å²) in [7, 11) is 1.68. The third-order valence-electron chi connectivity index (χ3n) is 4.72. The molecule has 2 rings (SSSR count). The van der Waals surface area contributed by atoms with E-state index in [0.717, 1.165) is 45.4 Å². The predicted octanol–water partition coefficient (Wildman–Crippen LogP) is 2.13. The highest BCUT2D eigenvalue weighted by atomic mass is 16.6. The van der Waals surface area contributed by atoms with Crippen molar-refractivity contribution in [3.05, 3.63) is 0 Å². The van der Waals surface area contributed by atoms with Gasteiger partial charge in [-0.3, -0.25) is 4.90 Å². The van der Waals surface area contributed by atoms with Crippen LogP contribution in [0.1, 0.15) is 38.5 Å². The van der Waals surface area contributed by atoms with Crippen molar-refractivity contribution in [2.45, 2.75) is 44.6 Å². The van der Waals surface area contributed by atoms with Gasteiger partial charge in [-0.25, -0.2) is 4.79 Å². The van der Waals surface area contributed by atoms with Gasteiger partial charge in [0, 0.05) is 32.8 Å². The van der Waals surface area contributed by atoms with Crippen LogP contribution in [0.3, 0.4) is 0 Å². The lowest BCUT2D eigenvalue weighted by atomic mass is 10.0. The van der Waals surface area contributed by atoms with Gasteiger partial charge in [-0.2, -0.15) is 0 Å². The van der Waals surface area contributed by atoms with Crippen molar-refractivity contribution in [3.63, 3.8) is 0 Å². The number of methoxy groups -OCH3 is 1. The lowest BCUT2D eigenvalue weighted by molar-refractivity contribution is 0.0196. The molecule has 23 heavy (non-hydrogen) atoms. The summed E-state index contributed by atoms with van der Waals surface area (Å²) >= 11 is 0. The van der Waals surface area contributed by atoms with E-state index in [2.05, 4.69) is 4.90 Å². The molecule has 2 fully saturated rings. The molecule has 0 spiro atoms. The monoisotopic (exact) mass is 328 g/mol. The quantitative estimate of drug-likeness (QED) is 0.639.